The van der Waals surface area contributed by atoms with Gasteiger partial charge in [-0.3, -0.25) is 0 Å². The van der Waals surface area contributed by atoms with E-state index in [0.717, 1.165) is 6.07 Å². The summed E-state index contributed by atoms with van der Waals surface area (Å²) in [6.45, 7) is 2.42. The van der Waals surface area contributed by atoms with Gasteiger partial charge in [0.05, 0.1) is 0 Å². The normalized spacial score (nSPS) is 12.7. The van der Waals surface area contributed by atoms with Gasteiger partial charge in [0.2, 0.25) is 0 Å². The standard InChI is InChI=1S/C17H15F2NS/c1-11(17-8-12-4-2-3-5-16(12)21-17)20-10-13-6-7-14(18)9-15(13)19/h2-9,11,20H,10H2,1H3. The molecular formula is C17H15F2NS. The molecule has 0 bridgehead atoms. The number of benzene rings is 2. The molecule has 21 heavy (non-hydrogen) atoms. The predicted octanol–water partition coefficient (Wildman–Crippen LogP) is 5.03. The zero-order valence-electron chi connectivity index (χ0n) is 11.6. The predicted molar refractivity (Wildman–Crippen MR) is 83.4 cm³/mol. The van der Waals surface area contributed by atoms with Crippen molar-refractivity contribution in [3.8, 4) is 0 Å². The minimum absolute atomic E-state index is 0.117. The molecule has 1 unspecified atom stereocenters. The van der Waals surface area contributed by atoms with E-state index in [2.05, 4.69) is 23.5 Å². The Morgan fingerprint density at radius 2 is 1.90 bits per heavy atom. The van der Waals surface area contributed by atoms with Crippen molar-refractivity contribution in [2.45, 2.75) is 19.5 Å². The van der Waals surface area contributed by atoms with Crippen LogP contribution in [0.5, 0.6) is 0 Å². The maximum atomic E-state index is 13.6. The maximum Gasteiger partial charge on any atom is 0.130 e. The number of rotatable bonds is 4. The smallest absolute Gasteiger partial charge is 0.130 e. The topological polar surface area (TPSA) is 12.0 Å². The second kappa shape index (κ2) is 5.92. The summed E-state index contributed by atoms with van der Waals surface area (Å²) in [5.74, 6) is -1.06. The molecule has 4 heteroatoms. The van der Waals surface area contributed by atoms with Crippen molar-refractivity contribution in [3.63, 3.8) is 0 Å². The third-order valence-corrected chi connectivity index (χ3v) is 4.78. The van der Waals surface area contributed by atoms with Crippen LogP contribution in [0.2, 0.25) is 0 Å². The minimum atomic E-state index is -0.547. The first-order chi connectivity index (χ1) is 10.1. The summed E-state index contributed by atoms with van der Waals surface area (Å²) in [5.41, 5.74) is 0.476. The Balaban J connectivity index is 1.72. The van der Waals surface area contributed by atoms with Crippen LogP contribution in [0.4, 0.5) is 8.78 Å². The zero-order valence-corrected chi connectivity index (χ0v) is 12.4. The van der Waals surface area contributed by atoms with Crippen LogP contribution in [-0.4, -0.2) is 0 Å². The van der Waals surface area contributed by atoms with E-state index in [1.807, 2.05) is 19.1 Å². The highest BCUT2D eigenvalue weighted by Crippen LogP contribution is 2.29. The number of hydrogen-bond acceptors (Lipinski definition) is 2. The lowest BCUT2D eigenvalue weighted by atomic mass is 10.1. The summed E-state index contributed by atoms with van der Waals surface area (Å²) in [7, 11) is 0. The van der Waals surface area contributed by atoms with Crippen LogP contribution in [0.3, 0.4) is 0 Å². The van der Waals surface area contributed by atoms with Crippen LogP contribution in [0.1, 0.15) is 23.4 Å². The highest BCUT2D eigenvalue weighted by Gasteiger charge is 2.10. The number of hydrogen-bond donors (Lipinski definition) is 1. The van der Waals surface area contributed by atoms with Gasteiger partial charge >= 0.3 is 0 Å². The molecule has 0 amide bonds. The molecule has 0 saturated heterocycles. The minimum Gasteiger partial charge on any atom is -0.305 e. The molecule has 1 atom stereocenters. The molecule has 3 rings (SSSR count). The van der Waals surface area contributed by atoms with Crippen molar-refractivity contribution in [1.29, 1.82) is 0 Å². The van der Waals surface area contributed by atoms with Crippen molar-refractivity contribution < 1.29 is 8.78 Å². The lowest BCUT2D eigenvalue weighted by Gasteiger charge is -2.12. The molecule has 0 radical (unpaired) electrons. The van der Waals surface area contributed by atoms with Crippen molar-refractivity contribution in [3.05, 3.63) is 70.6 Å². The third-order valence-electron chi connectivity index (χ3n) is 3.49. The van der Waals surface area contributed by atoms with Gasteiger partial charge in [-0.15, -0.1) is 11.3 Å². The highest BCUT2D eigenvalue weighted by molar-refractivity contribution is 7.19. The third kappa shape index (κ3) is 3.12. The van der Waals surface area contributed by atoms with Crippen molar-refractivity contribution in [1.82, 2.24) is 5.32 Å². The monoisotopic (exact) mass is 303 g/mol. The van der Waals surface area contributed by atoms with Crippen molar-refractivity contribution >= 4 is 21.4 Å². The van der Waals surface area contributed by atoms with E-state index in [-0.39, 0.29) is 6.04 Å². The van der Waals surface area contributed by atoms with Gasteiger partial charge in [-0.25, -0.2) is 8.78 Å². The van der Waals surface area contributed by atoms with E-state index < -0.39 is 11.6 Å². The molecule has 108 valence electrons. The highest BCUT2D eigenvalue weighted by atomic mass is 32.1. The molecule has 0 spiro atoms. The van der Waals surface area contributed by atoms with Crippen LogP contribution in [0, 0.1) is 11.6 Å². The van der Waals surface area contributed by atoms with Gasteiger partial charge in [-0.2, -0.15) is 0 Å². The molecule has 3 aromatic rings. The first-order valence-corrected chi connectivity index (χ1v) is 7.61. The van der Waals surface area contributed by atoms with Gasteiger partial charge in [0.15, 0.2) is 0 Å². The van der Waals surface area contributed by atoms with Crippen molar-refractivity contribution in [2.24, 2.45) is 0 Å². The first kappa shape index (κ1) is 14.2. The fourth-order valence-corrected chi connectivity index (χ4v) is 3.34. The Morgan fingerprint density at radius 3 is 2.67 bits per heavy atom. The largest absolute Gasteiger partial charge is 0.305 e. The van der Waals surface area contributed by atoms with Gasteiger partial charge in [-0.1, -0.05) is 24.3 Å². The Kier molecular flexibility index (Phi) is 3.99. The van der Waals surface area contributed by atoms with Crippen LogP contribution < -0.4 is 5.32 Å². The summed E-state index contributed by atoms with van der Waals surface area (Å²) >= 11 is 1.73. The van der Waals surface area contributed by atoms with Crippen LogP contribution in [-0.2, 0) is 6.54 Å². The SMILES string of the molecule is CC(NCc1ccc(F)cc1F)c1cc2ccccc2s1. The second-order valence-electron chi connectivity index (χ2n) is 5.02. The van der Waals surface area contributed by atoms with E-state index in [0.29, 0.717) is 12.1 Å². The van der Waals surface area contributed by atoms with Gasteiger partial charge in [0.25, 0.3) is 0 Å². The lowest BCUT2D eigenvalue weighted by Crippen LogP contribution is -2.17. The summed E-state index contributed by atoms with van der Waals surface area (Å²) in [6, 6.07) is 14.2. The zero-order chi connectivity index (χ0) is 14.8. The number of nitrogens with one attached hydrogen (secondary N) is 1. The molecule has 0 aliphatic carbocycles. The Labute approximate surface area is 126 Å². The average Bonchev–Trinajstić information content (AvgIpc) is 2.90. The molecule has 0 aliphatic rings. The Hall–Kier alpha value is -1.78. The van der Waals surface area contributed by atoms with Gasteiger partial charge in [0, 0.05) is 33.8 Å². The molecule has 0 aliphatic heterocycles. The van der Waals surface area contributed by atoms with E-state index in [1.54, 1.807) is 11.3 Å². The fraction of sp³-hybridized carbons (Fsp3) is 0.176. The average molecular weight is 303 g/mol. The van der Waals surface area contributed by atoms with Gasteiger partial charge in [-0.05, 0) is 30.5 Å². The molecule has 1 aromatic heterocycles. The van der Waals surface area contributed by atoms with Gasteiger partial charge < -0.3 is 5.32 Å². The number of thiophene rings is 1. The molecule has 1 N–H and O–H groups in total. The summed E-state index contributed by atoms with van der Waals surface area (Å²) in [6.07, 6.45) is 0. The molecule has 2 aromatic carbocycles. The molecule has 1 heterocycles. The quantitative estimate of drug-likeness (QED) is 0.713. The Morgan fingerprint density at radius 1 is 1.10 bits per heavy atom. The number of halogens is 2. The maximum absolute atomic E-state index is 13.6. The van der Waals surface area contributed by atoms with Gasteiger partial charge in [0.1, 0.15) is 11.6 Å². The number of fused-ring (bicyclic) bond motifs is 1. The van der Waals surface area contributed by atoms with Crippen LogP contribution in [0.15, 0.2) is 48.5 Å². The second-order valence-corrected chi connectivity index (χ2v) is 6.14. The van der Waals surface area contributed by atoms with Crippen LogP contribution >= 0.6 is 11.3 Å². The fourth-order valence-electron chi connectivity index (χ4n) is 2.24. The van der Waals surface area contributed by atoms with Crippen molar-refractivity contribution in [2.75, 3.05) is 0 Å². The first-order valence-electron chi connectivity index (χ1n) is 6.79. The van der Waals surface area contributed by atoms with E-state index in [1.165, 1.54) is 27.1 Å². The van der Waals surface area contributed by atoms with Crippen LogP contribution in [0.25, 0.3) is 10.1 Å². The molecule has 0 fully saturated rings. The molecule has 0 saturated carbocycles. The molecular weight excluding hydrogens is 288 g/mol. The summed E-state index contributed by atoms with van der Waals surface area (Å²) in [5, 5.41) is 4.51. The Bertz CT molecular complexity index is 733. The summed E-state index contributed by atoms with van der Waals surface area (Å²) < 4.78 is 27.7. The van der Waals surface area contributed by atoms with E-state index in [9.17, 15) is 8.78 Å². The van der Waals surface area contributed by atoms with E-state index in [4.69, 9.17) is 0 Å². The van der Waals surface area contributed by atoms with E-state index >= 15 is 0 Å². The molecule has 1 nitrogen and oxygen atoms in total. The summed E-state index contributed by atoms with van der Waals surface area (Å²) in [4.78, 5) is 1.21. The lowest BCUT2D eigenvalue weighted by molar-refractivity contribution is 0.537.